The summed E-state index contributed by atoms with van der Waals surface area (Å²) < 4.78 is 0. The predicted octanol–water partition coefficient (Wildman–Crippen LogP) is 3.39. The lowest BCUT2D eigenvalue weighted by atomic mass is 10.0. The second-order valence-electron chi connectivity index (χ2n) is 4.73. The van der Waals surface area contributed by atoms with Gasteiger partial charge in [0.05, 0.1) is 5.69 Å². The third-order valence-electron chi connectivity index (χ3n) is 3.51. The van der Waals surface area contributed by atoms with Crippen LogP contribution in [-0.4, -0.2) is 23.3 Å². The molecule has 100 valence electrons. The van der Waals surface area contributed by atoms with Crippen LogP contribution in [0.15, 0.2) is 36.7 Å². The van der Waals surface area contributed by atoms with Gasteiger partial charge >= 0.3 is 0 Å². The van der Waals surface area contributed by atoms with Crippen molar-refractivity contribution in [2.45, 2.75) is 6.92 Å². The molecule has 0 amide bonds. The van der Waals surface area contributed by atoms with Crippen LogP contribution in [0.2, 0.25) is 0 Å². The first-order valence-electron chi connectivity index (χ1n) is 6.44. The van der Waals surface area contributed by atoms with Gasteiger partial charge in [0.1, 0.15) is 11.9 Å². The molecule has 0 fully saturated rings. The molecule has 4 nitrogen and oxygen atoms in total. The van der Waals surface area contributed by atoms with Crippen LogP contribution in [0.5, 0.6) is 0 Å². The average Bonchev–Trinajstić information content (AvgIpc) is 2.88. The van der Waals surface area contributed by atoms with E-state index in [1.807, 2.05) is 43.7 Å². The number of hydrogen-bond acceptors (Lipinski definition) is 3. The molecule has 4 heteroatoms. The summed E-state index contributed by atoms with van der Waals surface area (Å²) in [4.78, 5) is 18.4. The summed E-state index contributed by atoms with van der Waals surface area (Å²) in [5.41, 5.74) is 5.82. The van der Waals surface area contributed by atoms with E-state index in [9.17, 15) is 4.79 Å². The summed E-state index contributed by atoms with van der Waals surface area (Å²) in [5.74, 6) is 0. The summed E-state index contributed by atoms with van der Waals surface area (Å²) >= 11 is 0. The summed E-state index contributed by atoms with van der Waals surface area (Å²) in [6.45, 7) is 2.06. The molecular weight excluding hydrogens is 250 g/mol. The fourth-order valence-electron chi connectivity index (χ4n) is 2.47. The van der Waals surface area contributed by atoms with Gasteiger partial charge in [-0.2, -0.15) is 0 Å². The van der Waals surface area contributed by atoms with E-state index < -0.39 is 0 Å². The van der Waals surface area contributed by atoms with Crippen molar-refractivity contribution in [3.05, 3.63) is 47.8 Å². The molecule has 0 saturated heterocycles. The number of hydrogen-bond donors (Lipinski definition) is 2. The van der Waals surface area contributed by atoms with E-state index in [2.05, 4.69) is 22.2 Å². The fourth-order valence-corrected chi connectivity index (χ4v) is 2.47. The highest BCUT2D eigenvalue weighted by Crippen LogP contribution is 2.34. The molecule has 3 rings (SSSR count). The molecule has 2 heterocycles. The van der Waals surface area contributed by atoms with Crippen molar-refractivity contribution >= 4 is 23.0 Å². The maximum absolute atomic E-state index is 10.7. The van der Waals surface area contributed by atoms with Gasteiger partial charge in [0.2, 0.25) is 0 Å². The third kappa shape index (κ3) is 1.86. The predicted molar refractivity (Wildman–Crippen MR) is 81.2 cm³/mol. The smallest absolute Gasteiger partial charge is 0.150 e. The normalized spacial score (nSPS) is 10.7. The molecule has 3 aromatic rings. The number of aromatic amines is 1. The number of H-pyrrole nitrogens is 1. The lowest BCUT2D eigenvalue weighted by Gasteiger charge is -2.11. The van der Waals surface area contributed by atoms with Gasteiger partial charge in [0, 0.05) is 36.0 Å². The molecule has 0 bridgehead atoms. The number of nitrogens with one attached hydrogen (secondary N) is 2. The monoisotopic (exact) mass is 265 g/mol. The highest BCUT2D eigenvalue weighted by atomic mass is 16.1. The van der Waals surface area contributed by atoms with Gasteiger partial charge in [-0.05, 0) is 18.1 Å². The number of aromatic nitrogens is 2. The van der Waals surface area contributed by atoms with Gasteiger partial charge in [-0.3, -0.25) is 4.79 Å². The molecule has 0 aliphatic rings. The van der Waals surface area contributed by atoms with E-state index >= 15 is 0 Å². The second kappa shape index (κ2) is 4.81. The zero-order valence-electron chi connectivity index (χ0n) is 11.4. The van der Waals surface area contributed by atoms with Crippen molar-refractivity contribution in [3.63, 3.8) is 0 Å². The number of benzene rings is 1. The summed E-state index contributed by atoms with van der Waals surface area (Å²) in [7, 11) is 1.91. The van der Waals surface area contributed by atoms with E-state index in [4.69, 9.17) is 0 Å². The maximum Gasteiger partial charge on any atom is 0.150 e. The topological polar surface area (TPSA) is 57.8 Å². The van der Waals surface area contributed by atoms with Crippen LogP contribution in [0, 0.1) is 6.92 Å². The molecular formula is C16H15N3O. The number of carbonyl (C=O) groups excluding carboxylic acids is 1. The molecule has 0 aliphatic heterocycles. The van der Waals surface area contributed by atoms with Crippen molar-refractivity contribution in [1.82, 2.24) is 9.97 Å². The Morgan fingerprint density at radius 3 is 2.65 bits per heavy atom. The van der Waals surface area contributed by atoms with Crippen LogP contribution < -0.4 is 5.32 Å². The highest BCUT2D eigenvalue weighted by molar-refractivity contribution is 6.00. The van der Waals surface area contributed by atoms with Crippen molar-refractivity contribution in [1.29, 1.82) is 0 Å². The molecule has 0 atom stereocenters. The molecule has 2 aromatic heterocycles. The maximum atomic E-state index is 10.7. The van der Waals surface area contributed by atoms with Crippen molar-refractivity contribution in [2.24, 2.45) is 0 Å². The Morgan fingerprint density at radius 1 is 1.25 bits per heavy atom. The van der Waals surface area contributed by atoms with Gasteiger partial charge in [0.15, 0.2) is 0 Å². The molecule has 0 aliphatic carbocycles. The second-order valence-corrected chi connectivity index (χ2v) is 4.73. The van der Waals surface area contributed by atoms with Gasteiger partial charge in [-0.1, -0.05) is 24.3 Å². The summed E-state index contributed by atoms with van der Waals surface area (Å²) in [6, 6.07) is 7.51. The first kappa shape index (κ1) is 12.4. The Balaban J connectivity index is 2.23. The number of rotatable bonds is 3. The van der Waals surface area contributed by atoms with Gasteiger partial charge in [0.25, 0.3) is 0 Å². The SMILES string of the molecule is CNc1c(-c2ccc(C=O)cc2)cnc2[nH]cc(C)c12. The minimum atomic E-state index is 0.673. The van der Waals surface area contributed by atoms with E-state index in [0.717, 1.165) is 39.7 Å². The van der Waals surface area contributed by atoms with Crippen LogP contribution in [0.1, 0.15) is 15.9 Å². The quantitative estimate of drug-likeness (QED) is 0.714. The van der Waals surface area contributed by atoms with E-state index in [1.54, 1.807) is 0 Å². The van der Waals surface area contributed by atoms with Crippen LogP contribution >= 0.6 is 0 Å². The third-order valence-corrected chi connectivity index (χ3v) is 3.51. The Morgan fingerprint density at radius 2 is 2.00 bits per heavy atom. The van der Waals surface area contributed by atoms with Crippen molar-refractivity contribution in [3.8, 4) is 11.1 Å². The Hall–Kier alpha value is -2.62. The number of nitrogens with zero attached hydrogens (tertiary/aromatic N) is 1. The fraction of sp³-hybridized carbons (Fsp3) is 0.125. The number of aldehydes is 1. The molecule has 0 radical (unpaired) electrons. The van der Waals surface area contributed by atoms with E-state index in [1.165, 1.54) is 0 Å². The van der Waals surface area contributed by atoms with E-state index in [-0.39, 0.29) is 0 Å². The minimum Gasteiger partial charge on any atom is -0.387 e. The molecule has 20 heavy (non-hydrogen) atoms. The lowest BCUT2D eigenvalue weighted by Crippen LogP contribution is -1.95. The Kier molecular flexibility index (Phi) is 2.99. The van der Waals surface area contributed by atoms with Crippen molar-refractivity contribution < 1.29 is 4.79 Å². The Labute approximate surface area is 116 Å². The van der Waals surface area contributed by atoms with Gasteiger partial charge in [-0.25, -0.2) is 4.98 Å². The summed E-state index contributed by atoms with van der Waals surface area (Å²) in [6.07, 6.45) is 4.65. The van der Waals surface area contributed by atoms with Crippen molar-refractivity contribution in [2.75, 3.05) is 12.4 Å². The zero-order chi connectivity index (χ0) is 14.1. The molecule has 0 spiro atoms. The molecule has 0 unspecified atom stereocenters. The van der Waals surface area contributed by atoms with Crippen LogP contribution in [0.25, 0.3) is 22.2 Å². The first-order valence-corrected chi connectivity index (χ1v) is 6.44. The molecule has 2 N–H and O–H groups in total. The Bertz CT molecular complexity index is 772. The number of carbonyl (C=O) groups is 1. The van der Waals surface area contributed by atoms with E-state index in [0.29, 0.717) is 5.56 Å². The zero-order valence-corrected chi connectivity index (χ0v) is 11.4. The first-order chi connectivity index (χ1) is 9.74. The number of fused-ring (bicyclic) bond motifs is 1. The minimum absolute atomic E-state index is 0.673. The molecule has 0 saturated carbocycles. The van der Waals surface area contributed by atoms with Gasteiger partial charge in [-0.15, -0.1) is 0 Å². The number of pyridine rings is 1. The highest BCUT2D eigenvalue weighted by Gasteiger charge is 2.12. The molecule has 1 aromatic carbocycles. The van der Waals surface area contributed by atoms with Crippen LogP contribution in [-0.2, 0) is 0 Å². The number of aryl methyl sites for hydroxylation is 1. The number of anilines is 1. The van der Waals surface area contributed by atoms with Crippen LogP contribution in [0.4, 0.5) is 5.69 Å². The average molecular weight is 265 g/mol. The lowest BCUT2D eigenvalue weighted by molar-refractivity contribution is 0.112. The largest absolute Gasteiger partial charge is 0.387 e. The van der Waals surface area contributed by atoms with Gasteiger partial charge < -0.3 is 10.3 Å². The summed E-state index contributed by atoms with van der Waals surface area (Å²) in [5, 5.41) is 4.36. The van der Waals surface area contributed by atoms with Crippen LogP contribution in [0.3, 0.4) is 0 Å². The standard InChI is InChI=1S/C16H15N3O/c1-10-7-18-16-14(10)15(17-2)13(8-19-16)12-5-3-11(9-20)4-6-12/h3-9H,1-2H3,(H2,17,18,19).